The summed E-state index contributed by atoms with van der Waals surface area (Å²) in [6.07, 6.45) is 1.43. The highest BCUT2D eigenvalue weighted by atomic mass is 32.1. The predicted molar refractivity (Wildman–Crippen MR) is 95.0 cm³/mol. The molecule has 9 heteroatoms. The van der Waals surface area contributed by atoms with Gasteiger partial charge < -0.3 is 14.5 Å². The van der Waals surface area contributed by atoms with Gasteiger partial charge in [-0.3, -0.25) is 14.3 Å². The Balaban J connectivity index is 1.47. The fourth-order valence-corrected chi connectivity index (χ4v) is 3.40. The summed E-state index contributed by atoms with van der Waals surface area (Å²) in [6.45, 7) is 3.25. The fourth-order valence-electron chi connectivity index (χ4n) is 2.71. The van der Waals surface area contributed by atoms with Crippen LogP contribution in [0.1, 0.15) is 25.7 Å². The second-order valence-electron chi connectivity index (χ2n) is 5.99. The van der Waals surface area contributed by atoms with Gasteiger partial charge in [0.1, 0.15) is 5.56 Å². The van der Waals surface area contributed by atoms with Crippen LogP contribution in [0.4, 0.5) is 0 Å². The maximum absolute atomic E-state index is 12.3. The molecule has 2 aromatic rings. The number of hydrogen-bond acceptors (Lipinski definition) is 6. The molecule has 0 spiro atoms. The van der Waals surface area contributed by atoms with Gasteiger partial charge in [0.15, 0.2) is 6.61 Å². The van der Waals surface area contributed by atoms with Crippen molar-refractivity contribution in [1.29, 1.82) is 0 Å². The average molecular weight is 376 g/mol. The summed E-state index contributed by atoms with van der Waals surface area (Å²) in [4.78, 5) is 40.6. The van der Waals surface area contributed by atoms with Crippen molar-refractivity contribution in [2.45, 2.75) is 6.92 Å². The van der Waals surface area contributed by atoms with Crippen LogP contribution in [0.3, 0.4) is 0 Å². The Morgan fingerprint density at radius 1 is 1.19 bits per heavy atom. The maximum atomic E-state index is 12.3. The lowest BCUT2D eigenvalue weighted by Gasteiger charge is -2.34. The zero-order valence-electron chi connectivity index (χ0n) is 14.7. The smallest absolute Gasteiger partial charge is 0.342 e. The summed E-state index contributed by atoms with van der Waals surface area (Å²) in [6, 6.07) is 3.64. The first-order chi connectivity index (χ1) is 12.5. The molecule has 1 aliphatic rings. The molecule has 0 unspecified atom stereocenters. The minimum absolute atomic E-state index is 0.00872. The van der Waals surface area contributed by atoms with Crippen LogP contribution >= 0.6 is 11.3 Å². The van der Waals surface area contributed by atoms with E-state index in [0.717, 1.165) is 0 Å². The SMILES string of the molecule is Cc1c(C(=O)OCC(=O)N2CCN(C(=O)c3cccs3)CC2)cnn1C. The Bertz CT molecular complexity index is 807. The van der Waals surface area contributed by atoms with Crippen LogP contribution in [0.5, 0.6) is 0 Å². The number of carbonyl (C=O) groups excluding carboxylic acids is 3. The van der Waals surface area contributed by atoms with E-state index in [1.807, 2.05) is 11.4 Å². The molecule has 1 aliphatic heterocycles. The highest BCUT2D eigenvalue weighted by Crippen LogP contribution is 2.14. The average Bonchev–Trinajstić information content (AvgIpc) is 3.30. The van der Waals surface area contributed by atoms with E-state index in [9.17, 15) is 14.4 Å². The lowest BCUT2D eigenvalue weighted by Crippen LogP contribution is -2.51. The first kappa shape index (κ1) is 18.1. The highest BCUT2D eigenvalue weighted by molar-refractivity contribution is 7.12. The van der Waals surface area contributed by atoms with Crippen LogP contribution in [0.25, 0.3) is 0 Å². The number of piperazine rings is 1. The van der Waals surface area contributed by atoms with Crippen LogP contribution < -0.4 is 0 Å². The van der Waals surface area contributed by atoms with E-state index in [1.165, 1.54) is 17.5 Å². The van der Waals surface area contributed by atoms with Gasteiger partial charge in [0.25, 0.3) is 11.8 Å². The molecule has 8 nitrogen and oxygen atoms in total. The third-order valence-electron chi connectivity index (χ3n) is 4.43. The molecule has 0 N–H and O–H groups in total. The summed E-state index contributed by atoms with van der Waals surface area (Å²) < 4.78 is 6.68. The van der Waals surface area contributed by atoms with Crippen molar-refractivity contribution in [3.05, 3.63) is 39.8 Å². The van der Waals surface area contributed by atoms with Crippen molar-refractivity contribution in [2.24, 2.45) is 7.05 Å². The fraction of sp³-hybridized carbons (Fsp3) is 0.412. The normalized spacial score (nSPS) is 14.4. The minimum Gasteiger partial charge on any atom is -0.452 e. The standard InChI is InChI=1S/C17H20N4O4S/c1-12-13(10-18-19(12)2)17(24)25-11-15(22)20-5-7-21(8-6-20)16(23)14-4-3-9-26-14/h3-4,9-10H,5-8,11H2,1-2H3. The van der Waals surface area contributed by atoms with Gasteiger partial charge in [-0.25, -0.2) is 4.79 Å². The lowest BCUT2D eigenvalue weighted by atomic mass is 10.2. The number of carbonyl (C=O) groups is 3. The first-order valence-corrected chi connectivity index (χ1v) is 9.11. The molecule has 26 heavy (non-hydrogen) atoms. The molecule has 2 amide bonds. The molecule has 2 aromatic heterocycles. The van der Waals surface area contributed by atoms with Gasteiger partial charge in [0.2, 0.25) is 0 Å². The Morgan fingerprint density at radius 2 is 1.88 bits per heavy atom. The molecule has 3 heterocycles. The van der Waals surface area contributed by atoms with Crippen molar-refractivity contribution in [1.82, 2.24) is 19.6 Å². The summed E-state index contributed by atoms with van der Waals surface area (Å²) in [5, 5.41) is 5.85. The van der Waals surface area contributed by atoms with Crippen molar-refractivity contribution in [2.75, 3.05) is 32.8 Å². The Hall–Kier alpha value is -2.68. The van der Waals surface area contributed by atoms with E-state index in [1.54, 1.807) is 34.5 Å². The highest BCUT2D eigenvalue weighted by Gasteiger charge is 2.26. The number of esters is 1. The molecule has 1 saturated heterocycles. The number of thiophene rings is 1. The lowest BCUT2D eigenvalue weighted by molar-refractivity contribution is -0.136. The van der Waals surface area contributed by atoms with Gasteiger partial charge in [0, 0.05) is 38.9 Å². The molecule has 0 aromatic carbocycles. The number of amides is 2. The van der Waals surface area contributed by atoms with Gasteiger partial charge in [-0.05, 0) is 18.4 Å². The monoisotopic (exact) mass is 376 g/mol. The molecular weight excluding hydrogens is 356 g/mol. The van der Waals surface area contributed by atoms with Crippen molar-refractivity contribution in [3.63, 3.8) is 0 Å². The molecular formula is C17H20N4O4S. The van der Waals surface area contributed by atoms with E-state index in [2.05, 4.69) is 5.10 Å². The van der Waals surface area contributed by atoms with Crippen molar-refractivity contribution in [3.8, 4) is 0 Å². The first-order valence-electron chi connectivity index (χ1n) is 8.23. The Kier molecular flexibility index (Phi) is 5.36. The van der Waals surface area contributed by atoms with Crippen LogP contribution in [0.2, 0.25) is 0 Å². The Morgan fingerprint density at radius 3 is 2.46 bits per heavy atom. The number of rotatable bonds is 4. The maximum Gasteiger partial charge on any atom is 0.342 e. The van der Waals surface area contributed by atoms with E-state index in [-0.39, 0.29) is 18.4 Å². The van der Waals surface area contributed by atoms with Crippen LogP contribution in [-0.2, 0) is 16.6 Å². The number of aryl methyl sites for hydroxylation is 1. The summed E-state index contributed by atoms with van der Waals surface area (Å²) >= 11 is 1.41. The second kappa shape index (κ2) is 7.69. The summed E-state index contributed by atoms with van der Waals surface area (Å²) in [5.41, 5.74) is 1.04. The van der Waals surface area contributed by atoms with Gasteiger partial charge in [-0.2, -0.15) is 5.10 Å². The topological polar surface area (TPSA) is 84.7 Å². The molecule has 1 fully saturated rings. The van der Waals surface area contributed by atoms with E-state index >= 15 is 0 Å². The summed E-state index contributed by atoms with van der Waals surface area (Å²) in [5.74, 6) is -0.829. The summed E-state index contributed by atoms with van der Waals surface area (Å²) in [7, 11) is 1.73. The van der Waals surface area contributed by atoms with Crippen LogP contribution in [0, 0.1) is 6.92 Å². The number of nitrogens with zero attached hydrogens (tertiary/aromatic N) is 4. The van der Waals surface area contributed by atoms with Crippen molar-refractivity contribution >= 4 is 29.1 Å². The molecule has 0 aliphatic carbocycles. The molecule has 0 atom stereocenters. The number of ether oxygens (including phenoxy) is 1. The molecule has 0 saturated carbocycles. The van der Waals surface area contributed by atoms with Gasteiger partial charge in [0.05, 0.1) is 11.1 Å². The third kappa shape index (κ3) is 3.77. The number of hydrogen-bond donors (Lipinski definition) is 0. The second-order valence-corrected chi connectivity index (χ2v) is 6.94. The zero-order valence-corrected chi connectivity index (χ0v) is 15.5. The molecule has 138 valence electrons. The van der Waals surface area contributed by atoms with Crippen LogP contribution in [0.15, 0.2) is 23.7 Å². The largest absolute Gasteiger partial charge is 0.452 e. The van der Waals surface area contributed by atoms with Gasteiger partial charge in [-0.15, -0.1) is 11.3 Å². The molecule has 0 bridgehead atoms. The van der Waals surface area contributed by atoms with Gasteiger partial charge in [-0.1, -0.05) is 6.07 Å². The quantitative estimate of drug-likeness (QED) is 0.741. The van der Waals surface area contributed by atoms with E-state index in [0.29, 0.717) is 42.3 Å². The molecule has 3 rings (SSSR count). The van der Waals surface area contributed by atoms with Crippen molar-refractivity contribution < 1.29 is 19.1 Å². The van der Waals surface area contributed by atoms with E-state index < -0.39 is 5.97 Å². The minimum atomic E-state index is -0.560. The number of aromatic nitrogens is 2. The van der Waals surface area contributed by atoms with E-state index in [4.69, 9.17) is 4.74 Å². The Labute approximate surface area is 154 Å². The zero-order chi connectivity index (χ0) is 18.7. The van der Waals surface area contributed by atoms with Crippen LogP contribution in [-0.4, -0.2) is 70.1 Å². The van der Waals surface area contributed by atoms with Gasteiger partial charge >= 0.3 is 5.97 Å². The predicted octanol–water partition coefficient (Wildman–Crippen LogP) is 0.931. The molecule has 0 radical (unpaired) electrons. The third-order valence-corrected chi connectivity index (χ3v) is 5.29.